The van der Waals surface area contributed by atoms with Gasteiger partial charge < -0.3 is 19.4 Å². The monoisotopic (exact) mass is 499 g/mol. The van der Waals surface area contributed by atoms with Crippen LogP contribution >= 0.6 is 0 Å². The lowest BCUT2D eigenvalue weighted by Gasteiger charge is -2.29. The maximum Gasteiger partial charge on any atom is 0.318 e. The van der Waals surface area contributed by atoms with E-state index in [2.05, 4.69) is 26.3 Å². The number of hydrogen-bond acceptors (Lipinski definition) is 8. The zero-order chi connectivity index (χ0) is 25.5. The molecule has 5 heterocycles. The summed E-state index contributed by atoms with van der Waals surface area (Å²) >= 11 is 0. The highest BCUT2D eigenvalue weighted by Crippen LogP contribution is 2.31. The third-order valence-electron chi connectivity index (χ3n) is 7.14. The molecule has 6 rings (SSSR count). The summed E-state index contributed by atoms with van der Waals surface area (Å²) in [6.45, 7) is 1.98. The molecule has 9 nitrogen and oxygen atoms in total. The molecule has 0 saturated carbocycles. The van der Waals surface area contributed by atoms with E-state index in [0.717, 1.165) is 12.8 Å². The first-order valence-corrected chi connectivity index (χ1v) is 12.4. The van der Waals surface area contributed by atoms with Crippen LogP contribution in [0, 0.1) is 24.1 Å². The Kier molecular flexibility index (Phi) is 5.93. The standard InChI is InChI=1S/C27H26FN7O2/c1-15-24-26(34-27(31-15)36-2)35(25(33-24)18-7-16(11-29)12-30-13-18)14-17-3-6-21(10-23(17)28)37-22-8-19-4-5-20(9-22)32-19/h3,6-7,10,12-13,19-20,22,32H,4-5,8-9,14H2,1-2H3/t19-,20+,22+. The minimum Gasteiger partial charge on any atom is -0.490 e. The maximum atomic E-state index is 15.4. The molecule has 188 valence electrons. The Labute approximate surface area is 213 Å². The van der Waals surface area contributed by atoms with Crippen LogP contribution in [0.3, 0.4) is 0 Å². The molecule has 0 amide bonds. The summed E-state index contributed by atoms with van der Waals surface area (Å²) in [4.78, 5) is 17.8. The van der Waals surface area contributed by atoms with Gasteiger partial charge in [0.15, 0.2) is 5.65 Å². The van der Waals surface area contributed by atoms with Crippen molar-refractivity contribution in [3.05, 3.63) is 59.3 Å². The molecule has 2 aliphatic heterocycles. The van der Waals surface area contributed by atoms with E-state index in [4.69, 9.17) is 14.5 Å². The van der Waals surface area contributed by atoms with Gasteiger partial charge >= 0.3 is 6.01 Å². The van der Waals surface area contributed by atoms with E-state index in [1.54, 1.807) is 22.9 Å². The highest BCUT2D eigenvalue weighted by Gasteiger charge is 2.34. The first kappa shape index (κ1) is 23.3. The van der Waals surface area contributed by atoms with Crippen molar-refractivity contribution in [2.24, 2.45) is 0 Å². The molecule has 0 radical (unpaired) electrons. The molecular formula is C27H26FN7O2. The first-order chi connectivity index (χ1) is 18.0. The Morgan fingerprint density at radius 1 is 1.14 bits per heavy atom. The molecule has 0 aliphatic carbocycles. The smallest absolute Gasteiger partial charge is 0.318 e. The lowest BCUT2D eigenvalue weighted by Crippen LogP contribution is -2.42. The summed E-state index contributed by atoms with van der Waals surface area (Å²) in [6, 6.07) is 10.0. The molecule has 2 bridgehead atoms. The van der Waals surface area contributed by atoms with E-state index in [9.17, 15) is 5.26 Å². The number of benzene rings is 1. The van der Waals surface area contributed by atoms with Crippen molar-refractivity contribution in [1.82, 2.24) is 29.8 Å². The van der Waals surface area contributed by atoms with Crippen molar-refractivity contribution in [3.8, 4) is 29.2 Å². The second kappa shape index (κ2) is 9.41. The van der Waals surface area contributed by atoms with Crippen LogP contribution in [0.1, 0.15) is 42.5 Å². The maximum absolute atomic E-state index is 15.4. The number of rotatable bonds is 6. The number of hydrogen-bond donors (Lipinski definition) is 1. The molecule has 2 aliphatic rings. The molecule has 3 aromatic heterocycles. The van der Waals surface area contributed by atoms with Gasteiger partial charge in [0, 0.05) is 41.7 Å². The van der Waals surface area contributed by atoms with Gasteiger partial charge in [-0.1, -0.05) is 6.07 Å². The van der Waals surface area contributed by atoms with Crippen molar-refractivity contribution in [2.75, 3.05) is 7.11 Å². The van der Waals surface area contributed by atoms with Crippen LogP contribution in [0.2, 0.25) is 0 Å². The molecule has 37 heavy (non-hydrogen) atoms. The van der Waals surface area contributed by atoms with Crippen LogP contribution in [0.25, 0.3) is 22.6 Å². The van der Waals surface area contributed by atoms with Crippen LogP contribution < -0.4 is 14.8 Å². The summed E-state index contributed by atoms with van der Waals surface area (Å²) in [7, 11) is 1.49. The van der Waals surface area contributed by atoms with Crippen molar-refractivity contribution in [3.63, 3.8) is 0 Å². The van der Waals surface area contributed by atoms with Gasteiger partial charge in [-0.15, -0.1) is 0 Å². The minimum atomic E-state index is -0.371. The quantitative estimate of drug-likeness (QED) is 0.425. The summed E-state index contributed by atoms with van der Waals surface area (Å²) in [5, 5.41) is 13.0. The van der Waals surface area contributed by atoms with Gasteiger partial charge in [-0.05, 0) is 44.7 Å². The summed E-state index contributed by atoms with van der Waals surface area (Å²) in [5.74, 6) is 0.674. The Balaban J connectivity index is 1.36. The van der Waals surface area contributed by atoms with Crippen LogP contribution in [0.15, 0.2) is 36.7 Å². The number of halogens is 1. The van der Waals surface area contributed by atoms with Crippen LogP contribution in [-0.4, -0.2) is 49.8 Å². The number of aryl methyl sites for hydroxylation is 1. The van der Waals surface area contributed by atoms with Gasteiger partial charge in [0.05, 0.1) is 24.9 Å². The number of nitrogens with one attached hydrogen (secondary N) is 1. The van der Waals surface area contributed by atoms with Gasteiger partial charge in [-0.3, -0.25) is 4.98 Å². The van der Waals surface area contributed by atoms with Crippen molar-refractivity contribution in [2.45, 2.75) is 57.3 Å². The van der Waals surface area contributed by atoms with Crippen LogP contribution in [-0.2, 0) is 6.54 Å². The third kappa shape index (κ3) is 4.47. The fourth-order valence-electron chi connectivity index (χ4n) is 5.39. The van der Waals surface area contributed by atoms with Crippen molar-refractivity contribution < 1.29 is 13.9 Å². The first-order valence-electron chi connectivity index (χ1n) is 12.4. The molecule has 0 spiro atoms. The Morgan fingerprint density at radius 3 is 2.68 bits per heavy atom. The van der Waals surface area contributed by atoms with Crippen molar-refractivity contribution in [1.29, 1.82) is 5.26 Å². The number of imidazole rings is 1. The predicted octanol–water partition coefficient (Wildman–Crippen LogP) is 3.93. The fourth-order valence-corrected chi connectivity index (χ4v) is 5.39. The molecule has 0 unspecified atom stereocenters. The number of nitrogens with zero attached hydrogens (tertiary/aromatic N) is 6. The summed E-state index contributed by atoms with van der Waals surface area (Å²) in [5.41, 5.74) is 3.18. The number of aromatic nitrogens is 5. The lowest BCUT2D eigenvalue weighted by molar-refractivity contribution is 0.137. The second-order valence-corrected chi connectivity index (χ2v) is 9.67. The van der Waals surface area contributed by atoms with Gasteiger partial charge in [-0.2, -0.15) is 15.2 Å². The van der Waals surface area contributed by atoms with Gasteiger partial charge in [0.1, 0.15) is 35.1 Å². The SMILES string of the molecule is COc1nc(C)c2nc(-c3cncc(C#N)c3)n(Cc3ccc(O[C@H]4C[C@H]5CC[C@@H](C4)N5)cc3F)c2n1. The molecule has 3 atom stereocenters. The van der Waals surface area contributed by atoms with Crippen molar-refractivity contribution >= 4 is 11.2 Å². The van der Waals surface area contributed by atoms with E-state index < -0.39 is 0 Å². The topological polar surface area (TPSA) is 111 Å². The van der Waals surface area contributed by atoms with E-state index >= 15 is 4.39 Å². The average Bonchev–Trinajstić information content (AvgIpc) is 3.44. The summed E-state index contributed by atoms with van der Waals surface area (Å²) < 4.78 is 28.6. The molecule has 2 fully saturated rings. The molecule has 1 aromatic carbocycles. The number of nitriles is 1. The lowest BCUT2D eigenvalue weighted by atomic mass is 10.0. The molecule has 4 aromatic rings. The number of ether oxygens (including phenoxy) is 2. The van der Waals surface area contributed by atoms with Gasteiger partial charge in [0.2, 0.25) is 0 Å². The Morgan fingerprint density at radius 2 is 1.95 bits per heavy atom. The highest BCUT2D eigenvalue weighted by atomic mass is 19.1. The molecule has 10 heteroatoms. The normalized spacial score (nSPS) is 20.6. The fraction of sp³-hybridized carbons (Fsp3) is 0.370. The Hall–Kier alpha value is -4.10. The summed E-state index contributed by atoms with van der Waals surface area (Å²) in [6.07, 6.45) is 7.45. The van der Waals surface area contributed by atoms with Gasteiger partial charge in [-0.25, -0.2) is 9.37 Å². The third-order valence-corrected chi connectivity index (χ3v) is 7.14. The number of fused-ring (bicyclic) bond motifs is 3. The molecule has 1 N–H and O–H groups in total. The minimum absolute atomic E-state index is 0.0974. The molecule has 2 saturated heterocycles. The molecular weight excluding hydrogens is 473 g/mol. The average molecular weight is 500 g/mol. The number of piperidine rings is 1. The van der Waals surface area contributed by atoms with E-state index in [1.165, 1.54) is 32.2 Å². The highest BCUT2D eigenvalue weighted by molar-refractivity contribution is 5.79. The number of methoxy groups -OCH3 is 1. The van der Waals surface area contributed by atoms with Gasteiger partial charge in [0.25, 0.3) is 0 Å². The zero-order valence-corrected chi connectivity index (χ0v) is 20.6. The van der Waals surface area contributed by atoms with E-state index in [1.807, 2.05) is 13.0 Å². The number of pyridine rings is 1. The Bertz CT molecular complexity index is 1520. The zero-order valence-electron chi connectivity index (χ0n) is 20.6. The largest absolute Gasteiger partial charge is 0.490 e. The van der Waals surface area contributed by atoms with Crippen LogP contribution in [0.5, 0.6) is 11.8 Å². The second-order valence-electron chi connectivity index (χ2n) is 9.67. The van der Waals surface area contributed by atoms with Crippen LogP contribution in [0.4, 0.5) is 4.39 Å². The predicted molar refractivity (Wildman–Crippen MR) is 134 cm³/mol. The van der Waals surface area contributed by atoms with E-state index in [-0.39, 0.29) is 24.5 Å². The van der Waals surface area contributed by atoms with E-state index in [0.29, 0.717) is 57.2 Å².